The Bertz CT molecular complexity index is 398. The minimum absolute atomic E-state index is 0.861. The van der Waals surface area contributed by atoms with Crippen molar-refractivity contribution >= 4 is 0 Å². The van der Waals surface area contributed by atoms with Gasteiger partial charge in [-0.15, -0.1) is 0 Å². The molecule has 0 aromatic heterocycles. The third-order valence-corrected chi connectivity index (χ3v) is 2.02. The van der Waals surface area contributed by atoms with Gasteiger partial charge in [-0.3, -0.25) is 0 Å². The van der Waals surface area contributed by atoms with E-state index in [1.807, 2.05) is 38.2 Å². The zero-order chi connectivity index (χ0) is 12.7. The van der Waals surface area contributed by atoms with E-state index in [-0.39, 0.29) is 0 Å². The largest absolute Gasteiger partial charge is 0.0961 e. The van der Waals surface area contributed by atoms with Gasteiger partial charge in [-0.05, 0) is 30.6 Å². The fourth-order valence-electron chi connectivity index (χ4n) is 0.800. The summed E-state index contributed by atoms with van der Waals surface area (Å²) in [5, 5.41) is 0. The molecule has 0 bridgehead atoms. The summed E-state index contributed by atoms with van der Waals surface area (Å²) >= 11 is 0. The summed E-state index contributed by atoms with van der Waals surface area (Å²) in [6, 6.07) is 0. The van der Waals surface area contributed by atoms with E-state index in [0.717, 1.165) is 27.9 Å². The van der Waals surface area contributed by atoms with E-state index in [1.54, 1.807) is 0 Å². The van der Waals surface area contributed by atoms with Crippen molar-refractivity contribution in [3.05, 3.63) is 85.1 Å². The molecule has 0 fully saturated rings. The predicted molar refractivity (Wildman–Crippen MR) is 75.3 cm³/mol. The minimum Gasteiger partial charge on any atom is -0.0961 e. The lowest BCUT2D eigenvalue weighted by atomic mass is 10.1. The molecule has 16 heavy (non-hydrogen) atoms. The highest BCUT2D eigenvalue weighted by Crippen LogP contribution is 2.12. The van der Waals surface area contributed by atoms with Gasteiger partial charge in [-0.1, -0.05) is 68.3 Å². The lowest BCUT2D eigenvalue weighted by Gasteiger charge is -2.00. The molecule has 0 radical (unpaired) electrons. The van der Waals surface area contributed by atoms with Crippen molar-refractivity contribution in [3.63, 3.8) is 0 Å². The van der Waals surface area contributed by atoms with Crippen molar-refractivity contribution in [2.45, 2.75) is 13.8 Å². The van der Waals surface area contributed by atoms with Gasteiger partial charge in [-0.2, -0.15) is 0 Å². The molecule has 0 aromatic carbocycles. The van der Waals surface area contributed by atoms with Crippen molar-refractivity contribution in [1.82, 2.24) is 0 Å². The van der Waals surface area contributed by atoms with Crippen LogP contribution in [0.2, 0.25) is 0 Å². The van der Waals surface area contributed by atoms with Crippen molar-refractivity contribution in [2.24, 2.45) is 0 Å². The molecule has 0 nitrogen and oxygen atoms in total. The van der Waals surface area contributed by atoms with Gasteiger partial charge in [0.05, 0.1) is 0 Å². The molecule has 0 saturated carbocycles. The molecular formula is C16H20. The Labute approximate surface area is 99.4 Å². The lowest BCUT2D eigenvalue weighted by Crippen LogP contribution is -1.80. The van der Waals surface area contributed by atoms with Gasteiger partial charge in [-0.25, -0.2) is 0 Å². The molecule has 0 amide bonds. The highest BCUT2D eigenvalue weighted by Gasteiger charge is 1.93. The van der Waals surface area contributed by atoms with Crippen LogP contribution in [0.15, 0.2) is 85.1 Å². The van der Waals surface area contributed by atoms with Gasteiger partial charge >= 0.3 is 0 Å². The average molecular weight is 212 g/mol. The van der Waals surface area contributed by atoms with Crippen LogP contribution in [0.3, 0.4) is 0 Å². The number of hydrogen-bond donors (Lipinski definition) is 0. The summed E-state index contributed by atoms with van der Waals surface area (Å²) < 4.78 is 0. The van der Waals surface area contributed by atoms with Gasteiger partial charge in [0, 0.05) is 0 Å². The van der Waals surface area contributed by atoms with Crippen LogP contribution in [0, 0.1) is 0 Å². The summed E-state index contributed by atoms with van der Waals surface area (Å²) in [5.41, 5.74) is 4.57. The summed E-state index contributed by atoms with van der Waals surface area (Å²) in [4.78, 5) is 0. The molecule has 0 atom stereocenters. The van der Waals surface area contributed by atoms with E-state index in [4.69, 9.17) is 0 Å². The second-order valence-electron chi connectivity index (χ2n) is 3.87. The van der Waals surface area contributed by atoms with Crippen LogP contribution >= 0.6 is 0 Å². The maximum absolute atomic E-state index is 3.93. The monoisotopic (exact) mass is 212 g/mol. The SMILES string of the molecule is C=C(C)/C=C\C(=C)C(=C)/C=C\C(=C)C(=C)C. The fourth-order valence-corrected chi connectivity index (χ4v) is 0.800. The molecule has 0 unspecified atom stereocenters. The summed E-state index contributed by atoms with van der Waals surface area (Å²) in [7, 11) is 0. The van der Waals surface area contributed by atoms with Crippen LogP contribution in [0.1, 0.15) is 13.8 Å². The predicted octanol–water partition coefficient (Wildman–Crippen LogP) is 4.92. The molecule has 0 rings (SSSR count). The second-order valence-corrected chi connectivity index (χ2v) is 3.87. The zero-order valence-electron chi connectivity index (χ0n) is 10.3. The average Bonchev–Trinajstić information content (AvgIpc) is 2.21. The molecule has 0 aliphatic carbocycles. The first kappa shape index (κ1) is 14.2. The lowest BCUT2D eigenvalue weighted by molar-refractivity contribution is 1.46. The third-order valence-electron chi connectivity index (χ3n) is 2.02. The standard InChI is InChI=1S/C16H20/c1-12(2)8-9-15(6)16(7)11-10-14(5)13(3)4/h8-11H,1,3,5-7H2,2,4H3/b9-8-,11-10-. The van der Waals surface area contributed by atoms with Crippen LogP contribution in [-0.2, 0) is 0 Å². The van der Waals surface area contributed by atoms with Crippen LogP contribution in [0.5, 0.6) is 0 Å². The first-order valence-electron chi connectivity index (χ1n) is 5.09. The quantitative estimate of drug-likeness (QED) is 0.548. The molecule has 0 heteroatoms. The Balaban J connectivity index is 4.49. The minimum atomic E-state index is 0.861. The normalized spacial score (nSPS) is 10.6. The van der Waals surface area contributed by atoms with E-state index in [0.29, 0.717) is 0 Å². The summed E-state index contributed by atoms with van der Waals surface area (Å²) in [6.07, 6.45) is 7.60. The van der Waals surface area contributed by atoms with Gasteiger partial charge in [0.25, 0.3) is 0 Å². The molecule has 0 aromatic rings. The van der Waals surface area contributed by atoms with Gasteiger partial charge < -0.3 is 0 Å². The zero-order valence-corrected chi connectivity index (χ0v) is 10.3. The smallest absolute Gasteiger partial charge is 0.0262 e. The molecule has 84 valence electrons. The van der Waals surface area contributed by atoms with E-state index >= 15 is 0 Å². The topological polar surface area (TPSA) is 0 Å². The van der Waals surface area contributed by atoms with Crippen molar-refractivity contribution < 1.29 is 0 Å². The van der Waals surface area contributed by atoms with Crippen LogP contribution in [-0.4, -0.2) is 0 Å². The van der Waals surface area contributed by atoms with E-state index < -0.39 is 0 Å². The van der Waals surface area contributed by atoms with Crippen LogP contribution < -0.4 is 0 Å². The van der Waals surface area contributed by atoms with Crippen molar-refractivity contribution in [1.29, 1.82) is 0 Å². The van der Waals surface area contributed by atoms with Crippen LogP contribution in [0.25, 0.3) is 0 Å². The number of rotatable bonds is 6. The van der Waals surface area contributed by atoms with Crippen LogP contribution in [0.4, 0.5) is 0 Å². The molecule has 0 aliphatic rings. The molecule has 0 saturated heterocycles. The van der Waals surface area contributed by atoms with Gasteiger partial charge in [0.15, 0.2) is 0 Å². The molecule has 0 spiro atoms. The Morgan fingerprint density at radius 1 is 0.625 bits per heavy atom. The second kappa shape index (κ2) is 6.62. The highest BCUT2D eigenvalue weighted by molar-refractivity contribution is 5.47. The first-order valence-corrected chi connectivity index (χ1v) is 5.09. The Morgan fingerprint density at radius 2 is 1.00 bits per heavy atom. The van der Waals surface area contributed by atoms with Crippen molar-refractivity contribution in [3.8, 4) is 0 Å². The Morgan fingerprint density at radius 3 is 1.38 bits per heavy atom. The molecular weight excluding hydrogens is 192 g/mol. The fraction of sp³-hybridized carbons (Fsp3) is 0.125. The summed E-state index contributed by atoms with van der Waals surface area (Å²) in [6.45, 7) is 23.2. The maximum atomic E-state index is 3.93. The van der Waals surface area contributed by atoms with E-state index in [1.165, 1.54) is 0 Å². The number of allylic oxidation sites excluding steroid dienone is 9. The van der Waals surface area contributed by atoms with Crippen molar-refractivity contribution in [2.75, 3.05) is 0 Å². The molecule has 0 heterocycles. The first-order chi connectivity index (χ1) is 7.34. The summed E-state index contributed by atoms with van der Waals surface area (Å²) in [5.74, 6) is 0. The maximum Gasteiger partial charge on any atom is -0.0262 e. The van der Waals surface area contributed by atoms with Gasteiger partial charge in [0.2, 0.25) is 0 Å². The highest BCUT2D eigenvalue weighted by atomic mass is 14.0. The Hall–Kier alpha value is -1.82. The molecule has 0 aliphatic heterocycles. The number of hydrogen-bond acceptors (Lipinski definition) is 0. The van der Waals surface area contributed by atoms with Gasteiger partial charge in [0.1, 0.15) is 0 Å². The van der Waals surface area contributed by atoms with E-state index in [2.05, 4.69) is 32.9 Å². The third kappa shape index (κ3) is 5.82. The molecule has 0 N–H and O–H groups in total. The van der Waals surface area contributed by atoms with E-state index in [9.17, 15) is 0 Å². The Kier molecular flexibility index (Phi) is 5.87.